The largest absolute Gasteiger partial charge is 0.435 e. The van der Waals surface area contributed by atoms with E-state index in [2.05, 4.69) is 20.3 Å². The molecule has 0 aromatic carbocycles. The van der Waals surface area contributed by atoms with Crippen LogP contribution in [0.15, 0.2) is 11.2 Å². The van der Waals surface area contributed by atoms with Gasteiger partial charge in [-0.25, -0.2) is 0 Å². The summed E-state index contributed by atoms with van der Waals surface area (Å²) in [4.78, 5) is 22.5. The second-order valence-corrected chi connectivity index (χ2v) is 7.43. The number of carbonyl (C=O) groups excluding carboxylic acids is 1. The molecule has 12 heteroatoms. The SMILES string of the molecule is CN=C(NCc1cn(C)nc1C(F)(F)F)N1CCN(CC(=O)N2CCCC2)CC1.I. The maximum Gasteiger partial charge on any atom is 0.435 e. The summed E-state index contributed by atoms with van der Waals surface area (Å²) in [6.07, 6.45) is -0.969. The van der Waals surface area contributed by atoms with Crippen molar-refractivity contribution in [1.29, 1.82) is 0 Å². The van der Waals surface area contributed by atoms with Crippen molar-refractivity contribution in [3.05, 3.63) is 17.5 Å². The summed E-state index contributed by atoms with van der Waals surface area (Å²) in [6.45, 7) is 4.85. The number of nitrogens with one attached hydrogen (secondary N) is 1. The number of carbonyl (C=O) groups is 1. The number of aliphatic imine (C=N–C) groups is 1. The van der Waals surface area contributed by atoms with Crippen molar-refractivity contribution >= 4 is 35.8 Å². The Hall–Kier alpha value is -1.57. The summed E-state index contributed by atoms with van der Waals surface area (Å²) < 4.78 is 40.5. The van der Waals surface area contributed by atoms with Gasteiger partial charge in [-0.15, -0.1) is 24.0 Å². The number of rotatable bonds is 4. The lowest BCUT2D eigenvalue weighted by Crippen LogP contribution is -2.54. The van der Waals surface area contributed by atoms with E-state index in [4.69, 9.17) is 0 Å². The minimum Gasteiger partial charge on any atom is -0.352 e. The molecule has 0 saturated carbocycles. The van der Waals surface area contributed by atoms with E-state index in [0.29, 0.717) is 38.7 Å². The summed E-state index contributed by atoms with van der Waals surface area (Å²) in [5, 5.41) is 6.53. The van der Waals surface area contributed by atoms with Crippen LogP contribution in [0.25, 0.3) is 0 Å². The Bertz CT molecular complexity index is 739. The number of hydrogen-bond acceptors (Lipinski definition) is 4. The summed E-state index contributed by atoms with van der Waals surface area (Å²) in [7, 11) is 3.08. The smallest absolute Gasteiger partial charge is 0.352 e. The van der Waals surface area contributed by atoms with Crippen molar-refractivity contribution < 1.29 is 18.0 Å². The highest BCUT2D eigenvalue weighted by Gasteiger charge is 2.37. The lowest BCUT2D eigenvalue weighted by molar-refractivity contribution is -0.142. The van der Waals surface area contributed by atoms with Crippen LogP contribution >= 0.6 is 24.0 Å². The molecule has 3 rings (SSSR count). The molecule has 0 aliphatic carbocycles. The van der Waals surface area contributed by atoms with Crippen LogP contribution in [0.2, 0.25) is 0 Å². The number of hydrogen-bond donors (Lipinski definition) is 1. The average molecular weight is 543 g/mol. The molecular formula is C18H29F3IN7O. The van der Waals surface area contributed by atoms with Crippen molar-refractivity contribution in [3.8, 4) is 0 Å². The van der Waals surface area contributed by atoms with Gasteiger partial charge in [0, 0.05) is 71.7 Å². The van der Waals surface area contributed by atoms with E-state index >= 15 is 0 Å². The number of guanidine groups is 1. The van der Waals surface area contributed by atoms with E-state index < -0.39 is 11.9 Å². The molecule has 0 atom stereocenters. The van der Waals surface area contributed by atoms with Crippen LogP contribution in [0.1, 0.15) is 24.1 Å². The zero-order valence-corrected chi connectivity index (χ0v) is 19.6. The minimum atomic E-state index is -4.49. The van der Waals surface area contributed by atoms with Gasteiger partial charge in [0.15, 0.2) is 11.7 Å². The summed E-state index contributed by atoms with van der Waals surface area (Å²) in [5.41, 5.74) is -0.802. The molecule has 2 aliphatic rings. The van der Waals surface area contributed by atoms with E-state index in [1.54, 1.807) is 7.05 Å². The van der Waals surface area contributed by atoms with Gasteiger partial charge in [-0.1, -0.05) is 0 Å². The number of likely N-dealkylation sites (tertiary alicyclic amines) is 1. The van der Waals surface area contributed by atoms with Crippen LogP contribution in [0.3, 0.4) is 0 Å². The van der Waals surface area contributed by atoms with Crippen LogP contribution in [0, 0.1) is 0 Å². The number of aryl methyl sites for hydroxylation is 1. The second-order valence-electron chi connectivity index (χ2n) is 7.43. The van der Waals surface area contributed by atoms with Crippen molar-refractivity contribution in [1.82, 2.24) is 29.8 Å². The zero-order chi connectivity index (χ0) is 21.0. The molecule has 8 nitrogen and oxygen atoms in total. The van der Waals surface area contributed by atoms with E-state index in [9.17, 15) is 18.0 Å². The van der Waals surface area contributed by atoms with Gasteiger partial charge in [-0.2, -0.15) is 18.3 Å². The summed E-state index contributed by atoms with van der Waals surface area (Å²) >= 11 is 0. The van der Waals surface area contributed by atoms with Crippen molar-refractivity contribution in [2.24, 2.45) is 12.0 Å². The number of aromatic nitrogens is 2. The molecule has 2 fully saturated rings. The molecule has 0 bridgehead atoms. The highest BCUT2D eigenvalue weighted by Crippen LogP contribution is 2.30. The summed E-state index contributed by atoms with van der Waals surface area (Å²) in [5.74, 6) is 0.724. The van der Waals surface area contributed by atoms with Crippen LogP contribution in [0.4, 0.5) is 13.2 Å². The molecule has 30 heavy (non-hydrogen) atoms. The molecule has 0 radical (unpaired) electrons. The number of halogens is 4. The van der Waals surface area contributed by atoms with Gasteiger partial charge in [0.1, 0.15) is 0 Å². The fourth-order valence-corrected chi connectivity index (χ4v) is 3.79. The quantitative estimate of drug-likeness (QED) is 0.353. The molecule has 170 valence electrons. The maximum atomic E-state index is 13.1. The summed E-state index contributed by atoms with van der Waals surface area (Å²) in [6, 6.07) is 0. The fraction of sp³-hybridized carbons (Fsp3) is 0.722. The normalized spacial score (nSPS) is 18.5. The first-order valence-electron chi connectivity index (χ1n) is 9.83. The molecule has 1 amide bonds. The number of alkyl halides is 3. The first-order valence-corrected chi connectivity index (χ1v) is 9.83. The molecule has 1 N–H and O–H groups in total. The Kier molecular flexibility index (Phi) is 8.76. The monoisotopic (exact) mass is 543 g/mol. The first-order chi connectivity index (χ1) is 13.8. The number of amides is 1. The Morgan fingerprint density at radius 2 is 1.77 bits per heavy atom. The van der Waals surface area contributed by atoms with Gasteiger partial charge >= 0.3 is 6.18 Å². The van der Waals surface area contributed by atoms with E-state index in [-0.39, 0.29) is 42.0 Å². The highest BCUT2D eigenvalue weighted by molar-refractivity contribution is 14.0. The topological polar surface area (TPSA) is 69.0 Å². The van der Waals surface area contributed by atoms with Gasteiger partial charge < -0.3 is 15.1 Å². The Morgan fingerprint density at radius 1 is 1.13 bits per heavy atom. The molecule has 2 saturated heterocycles. The standard InChI is InChI=1S/C18H28F3N7O.HI/c1-22-17(23-11-14-12-25(2)24-16(14)18(19,20)21)28-9-7-26(8-10-28)13-15(29)27-5-3-4-6-27;/h12H,3-11,13H2,1-2H3,(H,22,23);1H. The predicted molar refractivity (Wildman–Crippen MR) is 118 cm³/mol. The number of piperazine rings is 1. The third-order valence-electron chi connectivity index (χ3n) is 5.31. The third-order valence-corrected chi connectivity index (χ3v) is 5.31. The Morgan fingerprint density at radius 3 is 2.33 bits per heavy atom. The molecule has 0 spiro atoms. The van der Waals surface area contributed by atoms with Crippen LogP contribution in [-0.4, -0.2) is 89.2 Å². The molecule has 2 aliphatic heterocycles. The highest BCUT2D eigenvalue weighted by atomic mass is 127. The zero-order valence-electron chi connectivity index (χ0n) is 17.3. The van der Waals surface area contributed by atoms with E-state index in [1.807, 2.05) is 9.80 Å². The lowest BCUT2D eigenvalue weighted by atomic mass is 10.2. The first kappa shape index (κ1) is 24.7. The van der Waals surface area contributed by atoms with Gasteiger partial charge in [0.25, 0.3) is 0 Å². The van der Waals surface area contributed by atoms with Crippen molar-refractivity contribution in [3.63, 3.8) is 0 Å². The van der Waals surface area contributed by atoms with Gasteiger partial charge in [-0.3, -0.25) is 19.4 Å². The van der Waals surface area contributed by atoms with Crippen LogP contribution in [-0.2, 0) is 24.6 Å². The maximum absolute atomic E-state index is 13.1. The minimum absolute atomic E-state index is 0. The fourth-order valence-electron chi connectivity index (χ4n) is 3.79. The van der Waals surface area contributed by atoms with E-state index in [0.717, 1.165) is 25.9 Å². The van der Waals surface area contributed by atoms with Crippen molar-refractivity contribution in [2.75, 3.05) is 52.9 Å². The molecule has 1 aromatic heterocycles. The Labute approximate surface area is 191 Å². The van der Waals surface area contributed by atoms with Gasteiger partial charge in [-0.05, 0) is 12.8 Å². The van der Waals surface area contributed by atoms with Crippen LogP contribution < -0.4 is 5.32 Å². The van der Waals surface area contributed by atoms with Gasteiger partial charge in [0.2, 0.25) is 5.91 Å². The second kappa shape index (κ2) is 10.6. The number of nitrogens with zero attached hydrogens (tertiary/aromatic N) is 6. The van der Waals surface area contributed by atoms with E-state index in [1.165, 1.54) is 17.9 Å². The predicted octanol–water partition coefficient (Wildman–Crippen LogP) is 1.37. The van der Waals surface area contributed by atoms with Crippen molar-refractivity contribution in [2.45, 2.75) is 25.6 Å². The third kappa shape index (κ3) is 6.22. The lowest BCUT2D eigenvalue weighted by Gasteiger charge is -2.36. The van der Waals surface area contributed by atoms with Crippen LogP contribution in [0.5, 0.6) is 0 Å². The molecular weight excluding hydrogens is 514 g/mol. The molecule has 3 heterocycles. The van der Waals surface area contributed by atoms with Gasteiger partial charge in [0.05, 0.1) is 6.54 Å². The Balaban J connectivity index is 0.00000320. The molecule has 0 unspecified atom stereocenters. The average Bonchev–Trinajstić information content (AvgIpc) is 3.33. The molecule has 1 aromatic rings.